The van der Waals surface area contributed by atoms with Crippen LogP contribution in [0.15, 0.2) is 17.8 Å². The Morgan fingerprint density at radius 2 is 2.14 bits per heavy atom. The van der Waals surface area contributed by atoms with Crippen LogP contribution in [0.3, 0.4) is 0 Å². The average molecular weight is 398 g/mol. The molecule has 2 bridgehead atoms. The van der Waals surface area contributed by atoms with Crippen molar-refractivity contribution in [3.63, 3.8) is 0 Å². The fourth-order valence-corrected chi connectivity index (χ4v) is 2.78. The number of hydrogen-bond acceptors (Lipinski definition) is 7. The van der Waals surface area contributed by atoms with Gasteiger partial charge in [0, 0.05) is 6.42 Å². The zero-order valence-corrected chi connectivity index (χ0v) is 16.2. The van der Waals surface area contributed by atoms with Crippen molar-refractivity contribution < 1.29 is 33.9 Å². The number of nitrogens with zero attached hydrogens (tertiary/aromatic N) is 3. The van der Waals surface area contributed by atoms with Crippen molar-refractivity contribution in [1.29, 1.82) is 0 Å². The van der Waals surface area contributed by atoms with Crippen LogP contribution < -0.4 is 5.32 Å². The van der Waals surface area contributed by atoms with E-state index in [1.807, 2.05) is 0 Å². The molecule has 2 heterocycles. The molecule has 2 N–H and O–H groups in total. The van der Waals surface area contributed by atoms with Gasteiger partial charge in [-0.15, -0.1) is 6.58 Å². The fourth-order valence-electron chi connectivity index (χ4n) is 2.78. The maximum Gasteiger partial charge on any atom is 0.407 e. The van der Waals surface area contributed by atoms with Crippen molar-refractivity contribution in [2.75, 3.05) is 26.3 Å². The molecule has 2 atom stereocenters. The number of fused-ring (bicyclic) bond motifs is 2. The topological polar surface area (TPSA) is 130 Å². The third-order valence-electron chi connectivity index (χ3n) is 3.91. The van der Waals surface area contributed by atoms with E-state index in [0.29, 0.717) is 5.71 Å². The lowest BCUT2D eigenvalue weighted by atomic mass is 9.99. The molecule has 0 saturated carbocycles. The Bertz CT molecular complexity index is 658. The molecule has 2 aliphatic heterocycles. The molecule has 0 aromatic heterocycles. The monoisotopic (exact) mass is 398 g/mol. The summed E-state index contributed by atoms with van der Waals surface area (Å²) in [6.45, 7) is 9.24. The molecule has 11 nitrogen and oxygen atoms in total. The lowest BCUT2D eigenvalue weighted by Crippen LogP contribution is -2.48. The average Bonchev–Trinajstić information content (AvgIpc) is 2.85. The first-order valence-electron chi connectivity index (χ1n) is 8.86. The number of aliphatic carboxylic acids is 1. The van der Waals surface area contributed by atoms with Gasteiger partial charge in [0.1, 0.15) is 24.3 Å². The molecule has 2 saturated heterocycles. The largest absolute Gasteiger partial charge is 0.480 e. The Balaban J connectivity index is 1.94. The summed E-state index contributed by atoms with van der Waals surface area (Å²) in [5.41, 5.74) is -0.217. The van der Waals surface area contributed by atoms with Crippen molar-refractivity contribution in [3.05, 3.63) is 12.7 Å². The van der Waals surface area contributed by atoms with E-state index in [-0.39, 0.29) is 32.7 Å². The van der Waals surface area contributed by atoms with Crippen molar-refractivity contribution in [3.8, 4) is 0 Å². The van der Waals surface area contributed by atoms with Gasteiger partial charge >= 0.3 is 18.1 Å². The third kappa shape index (κ3) is 5.35. The first-order valence-corrected chi connectivity index (χ1v) is 8.86. The highest BCUT2D eigenvalue weighted by Crippen LogP contribution is 2.29. The van der Waals surface area contributed by atoms with E-state index in [1.165, 1.54) is 11.0 Å². The minimum Gasteiger partial charge on any atom is -0.480 e. The highest BCUT2D eigenvalue weighted by Gasteiger charge is 2.51. The van der Waals surface area contributed by atoms with Crippen molar-refractivity contribution >= 4 is 23.8 Å². The van der Waals surface area contributed by atoms with Crippen LogP contribution in [0.5, 0.6) is 0 Å². The van der Waals surface area contributed by atoms with Crippen LogP contribution in [0.1, 0.15) is 27.2 Å². The number of urea groups is 1. The van der Waals surface area contributed by atoms with Crippen molar-refractivity contribution in [2.45, 2.75) is 44.9 Å². The normalized spacial score (nSPS) is 23.0. The number of carbonyl (C=O) groups is 3. The van der Waals surface area contributed by atoms with Gasteiger partial charge in [0.25, 0.3) is 0 Å². The van der Waals surface area contributed by atoms with Gasteiger partial charge < -0.3 is 24.9 Å². The molecule has 0 aromatic rings. The molecule has 156 valence electrons. The number of carbonyl (C=O) groups excluding carboxylic acids is 2. The standard InChI is InChI=1S/C17H26N4O7/c1-5-7-27-21-13-10-20(16(21)25)12(14(22)23)9-11(13)19-26-8-6-18-15(24)28-17(2,3)4/h5,12-13H,1,6-10H2,2-4H3,(H,18,24)(H,22,23)/t12-,13-/m0/s1. The summed E-state index contributed by atoms with van der Waals surface area (Å²) in [6, 6.07) is -2.11. The van der Waals surface area contributed by atoms with Gasteiger partial charge in [0.05, 0.1) is 25.4 Å². The molecule has 2 rings (SSSR count). The number of carboxylic acids is 1. The Kier molecular flexibility index (Phi) is 6.84. The quantitative estimate of drug-likeness (QED) is 0.354. The van der Waals surface area contributed by atoms with Crippen LogP contribution in [0.25, 0.3) is 0 Å². The molecule has 11 heteroatoms. The fraction of sp³-hybridized carbons (Fsp3) is 0.647. The molecular formula is C17H26N4O7. The van der Waals surface area contributed by atoms with Crippen LogP contribution in [-0.4, -0.2) is 82.9 Å². The highest BCUT2D eigenvalue weighted by molar-refractivity contribution is 6.01. The Labute approximate surface area is 162 Å². The summed E-state index contributed by atoms with van der Waals surface area (Å²) >= 11 is 0. The van der Waals surface area contributed by atoms with Gasteiger partial charge in [-0.3, -0.25) is 4.84 Å². The molecule has 3 amide bonds. The number of piperidine rings is 1. The second kappa shape index (κ2) is 8.91. The smallest absolute Gasteiger partial charge is 0.407 e. The molecule has 2 aliphatic rings. The summed E-state index contributed by atoms with van der Waals surface area (Å²) in [7, 11) is 0. The number of hydrogen-bond donors (Lipinski definition) is 2. The van der Waals surface area contributed by atoms with Crippen LogP contribution in [0, 0.1) is 0 Å². The Morgan fingerprint density at radius 1 is 1.43 bits per heavy atom. The minimum atomic E-state index is -1.13. The molecule has 2 fully saturated rings. The lowest BCUT2D eigenvalue weighted by molar-refractivity contribution is -0.142. The van der Waals surface area contributed by atoms with E-state index in [4.69, 9.17) is 14.4 Å². The SMILES string of the molecule is C=CCON1C(=O)N2C[C@H]1C(=NOCCNC(=O)OC(C)(C)C)C[C@H]2C(=O)O. The van der Waals surface area contributed by atoms with E-state index in [0.717, 1.165) is 5.06 Å². The number of alkyl carbamates (subject to hydrolysis) is 1. The van der Waals surface area contributed by atoms with E-state index < -0.39 is 35.8 Å². The number of oxime groups is 1. The van der Waals surface area contributed by atoms with Gasteiger partial charge in [-0.05, 0) is 20.8 Å². The number of nitrogens with one attached hydrogen (secondary N) is 1. The molecule has 0 spiro atoms. The number of carboxylic acid groups (broad SMARTS) is 1. The molecule has 0 unspecified atom stereocenters. The summed E-state index contributed by atoms with van der Waals surface area (Å²) in [4.78, 5) is 47.3. The first kappa shape index (κ1) is 21.5. The molecule has 0 aromatic carbocycles. The summed E-state index contributed by atoms with van der Waals surface area (Å²) in [5, 5.41) is 17.0. The maximum absolute atomic E-state index is 12.4. The summed E-state index contributed by atoms with van der Waals surface area (Å²) in [6.07, 6.45) is 0.933. The van der Waals surface area contributed by atoms with Crippen molar-refractivity contribution in [2.24, 2.45) is 5.16 Å². The molecule has 28 heavy (non-hydrogen) atoms. The lowest BCUT2D eigenvalue weighted by Gasteiger charge is -2.28. The molecular weight excluding hydrogens is 372 g/mol. The Hall–Kier alpha value is -2.82. The van der Waals surface area contributed by atoms with Crippen LogP contribution in [0.2, 0.25) is 0 Å². The van der Waals surface area contributed by atoms with Gasteiger partial charge in [-0.25, -0.2) is 14.4 Å². The second-order valence-electron chi connectivity index (χ2n) is 7.26. The van der Waals surface area contributed by atoms with Crippen LogP contribution in [0.4, 0.5) is 9.59 Å². The van der Waals surface area contributed by atoms with E-state index in [1.54, 1.807) is 20.8 Å². The zero-order valence-electron chi connectivity index (χ0n) is 16.2. The van der Waals surface area contributed by atoms with Gasteiger partial charge in [0.2, 0.25) is 0 Å². The van der Waals surface area contributed by atoms with E-state index in [2.05, 4.69) is 17.1 Å². The van der Waals surface area contributed by atoms with E-state index in [9.17, 15) is 19.5 Å². The summed E-state index contributed by atoms with van der Waals surface area (Å²) in [5.74, 6) is -1.13. The van der Waals surface area contributed by atoms with E-state index >= 15 is 0 Å². The third-order valence-corrected chi connectivity index (χ3v) is 3.91. The van der Waals surface area contributed by atoms with Gasteiger partial charge in [-0.2, -0.15) is 5.06 Å². The van der Waals surface area contributed by atoms with Gasteiger partial charge in [0.15, 0.2) is 0 Å². The number of rotatable bonds is 8. The first-order chi connectivity index (χ1) is 13.1. The van der Waals surface area contributed by atoms with Crippen LogP contribution in [-0.2, 0) is 19.2 Å². The highest BCUT2D eigenvalue weighted by atomic mass is 16.7. The Morgan fingerprint density at radius 3 is 2.75 bits per heavy atom. The number of hydroxylamine groups is 2. The van der Waals surface area contributed by atoms with Crippen LogP contribution >= 0.6 is 0 Å². The minimum absolute atomic E-state index is 0.0270. The number of ether oxygens (including phenoxy) is 1. The predicted molar refractivity (Wildman–Crippen MR) is 97.5 cm³/mol. The zero-order chi connectivity index (χ0) is 20.9. The number of amides is 3. The summed E-state index contributed by atoms with van der Waals surface area (Å²) < 4.78 is 5.10. The molecule has 0 radical (unpaired) electrons. The van der Waals surface area contributed by atoms with Gasteiger partial charge in [-0.1, -0.05) is 11.2 Å². The van der Waals surface area contributed by atoms with Crippen molar-refractivity contribution in [1.82, 2.24) is 15.3 Å². The second-order valence-corrected chi connectivity index (χ2v) is 7.26. The molecule has 0 aliphatic carbocycles. The predicted octanol–water partition coefficient (Wildman–Crippen LogP) is 0.964. The maximum atomic E-state index is 12.4.